The van der Waals surface area contributed by atoms with E-state index in [1.165, 1.54) is 66.9 Å². The Labute approximate surface area is 298 Å². The van der Waals surface area contributed by atoms with Gasteiger partial charge in [0.15, 0.2) is 0 Å². The van der Waals surface area contributed by atoms with Gasteiger partial charge in [0.2, 0.25) is 0 Å². The van der Waals surface area contributed by atoms with Crippen molar-refractivity contribution in [1.29, 1.82) is 0 Å². The van der Waals surface area contributed by atoms with Crippen LogP contribution in [0.25, 0.3) is 16.7 Å². The van der Waals surface area contributed by atoms with Crippen molar-refractivity contribution in [3.8, 4) is 0 Å². The molecule has 3 aromatic rings. The van der Waals surface area contributed by atoms with Crippen molar-refractivity contribution in [2.24, 2.45) is 0 Å². The first kappa shape index (κ1) is 37.5. The first-order valence-corrected chi connectivity index (χ1v) is 18.1. The van der Waals surface area contributed by atoms with Gasteiger partial charge in [0, 0.05) is 17.8 Å². The van der Waals surface area contributed by atoms with Crippen LogP contribution in [0.4, 0.5) is 0 Å². The van der Waals surface area contributed by atoms with Crippen LogP contribution in [0.5, 0.6) is 0 Å². The molecular formula is C48H59N. The number of aromatic nitrogens is 1. The lowest BCUT2D eigenvalue weighted by molar-refractivity contribution is 0.589. The Bertz CT molecular complexity index is 1890. The maximum atomic E-state index is 4.61. The molecule has 1 heterocycles. The molecule has 1 nitrogen and oxygen atoms in total. The number of rotatable bonds is 6. The molecule has 5 rings (SSSR count). The van der Waals surface area contributed by atoms with E-state index in [-0.39, 0.29) is 16.7 Å². The van der Waals surface area contributed by atoms with Gasteiger partial charge in [-0.15, -0.1) is 0 Å². The first-order valence-electron chi connectivity index (χ1n) is 18.1. The van der Waals surface area contributed by atoms with Gasteiger partial charge >= 0.3 is 0 Å². The molecule has 0 saturated heterocycles. The van der Waals surface area contributed by atoms with E-state index in [0.717, 1.165) is 24.0 Å². The zero-order valence-electron chi connectivity index (χ0n) is 32.1. The number of aromatic amines is 1. The minimum atomic E-state index is 0.0554. The van der Waals surface area contributed by atoms with Crippen LogP contribution in [0.15, 0.2) is 127 Å². The van der Waals surface area contributed by atoms with E-state index in [0.29, 0.717) is 0 Å². The second kappa shape index (κ2) is 15.5. The number of nitrogens with one attached hydrogen (secondary N) is 1. The molecule has 1 heteroatoms. The largest absolute Gasteiger partial charge is 0.361 e. The Hall–Kier alpha value is -4.36. The van der Waals surface area contributed by atoms with Gasteiger partial charge in [0.05, 0.1) is 0 Å². The fraction of sp³-hybridized carbons (Fsp3) is 0.333. The summed E-state index contributed by atoms with van der Waals surface area (Å²) in [5.74, 6) is 0.0554. The topological polar surface area (TPSA) is 15.8 Å². The summed E-state index contributed by atoms with van der Waals surface area (Å²) in [4.78, 5) is 3.65. The zero-order valence-corrected chi connectivity index (χ0v) is 32.1. The average Bonchev–Trinajstić information content (AvgIpc) is 3.73. The molecule has 0 aliphatic heterocycles. The molecule has 2 aromatic carbocycles. The number of aryl methyl sites for hydroxylation is 2. The highest BCUT2D eigenvalue weighted by Crippen LogP contribution is 2.44. The number of fused-ring (bicyclic) bond motifs is 2. The number of hydrogen-bond donors (Lipinski definition) is 1. The van der Waals surface area contributed by atoms with Crippen LogP contribution in [0, 0.1) is 6.92 Å². The van der Waals surface area contributed by atoms with Gasteiger partial charge in [-0.05, 0) is 110 Å². The van der Waals surface area contributed by atoms with Crippen LogP contribution in [0.2, 0.25) is 0 Å². The van der Waals surface area contributed by atoms with Gasteiger partial charge in [-0.25, -0.2) is 0 Å². The summed E-state index contributed by atoms with van der Waals surface area (Å²) in [6.07, 6.45) is 21.8. The van der Waals surface area contributed by atoms with E-state index >= 15 is 0 Å². The number of H-pyrrole nitrogens is 1. The van der Waals surface area contributed by atoms with Gasteiger partial charge in [-0.3, -0.25) is 0 Å². The van der Waals surface area contributed by atoms with Crippen molar-refractivity contribution < 1.29 is 0 Å². The Kier molecular flexibility index (Phi) is 11.8. The Morgan fingerprint density at radius 2 is 1.61 bits per heavy atom. The van der Waals surface area contributed by atoms with Crippen LogP contribution in [-0.2, 0) is 17.3 Å². The van der Waals surface area contributed by atoms with E-state index < -0.39 is 0 Å². The third kappa shape index (κ3) is 8.27. The Morgan fingerprint density at radius 1 is 0.939 bits per heavy atom. The maximum absolute atomic E-state index is 4.61. The minimum absolute atomic E-state index is 0.0554. The van der Waals surface area contributed by atoms with Gasteiger partial charge in [0.25, 0.3) is 0 Å². The lowest BCUT2D eigenvalue weighted by Gasteiger charge is -2.24. The fourth-order valence-corrected chi connectivity index (χ4v) is 6.91. The third-order valence-corrected chi connectivity index (χ3v) is 9.75. The molecule has 0 saturated carbocycles. The summed E-state index contributed by atoms with van der Waals surface area (Å²) in [6, 6.07) is 16.0. The van der Waals surface area contributed by atoms with Gasteiger partial charge < -0.3 is 4.98 Å². The molecule has 0 bridgehead atoms. The van der Waals surface area contributed by atoms with Crippen molar-refractivity contribution in [2.45, 2.75) is 106 Å². The summed E-state index contributed by atoms with van der Waals surface area (Å²) in [5.41, 5.74) is 17.8. The van der Waals surface area contributed by atoms with Crippen LogP contribution in [-0.4, -0.2) is 4.98 Å². The molecule has 0 radical (unpaired) electrons. The zero-order chi connectivity index (χ0) is 36.1. The lowest BCUT2D eigenvalue weighted by atomic mass is 9.80. The van der Waals surface area contributed by atoms with Gasteiger partial charge in [0.1, 0.15) is 0 Å². The van der Waals surface area contributed by atoms with Gasteiger partial charge in [-0.2, -0.15) is 0 Å². The summed E-state index contributed by atoms with van der Waals surface area (Å²) in [6.45, 7) is 33.3. The van der Waals surface area contributed by atoms with Gasteiger partial charge in [-0.1, -0.05) is 166 Å². The lowest BCUT2D eigenvalue weighted by Crippen LogP contribution is -2.12. The average molecular weight is 650 g/mol. The molecule has 0 amide bonds. The molecule has 0 spiro atoms. The fourth-order valence-electron chi connectivity index (χ4n) is 6.91. The van der Waals surface area contributed by atoms with Crippen molar-refractivity contribution >= 4 is 16.7 Å². The number of benzene rings is 2. The molecule has 256 valence electrons. The van der Waals surface area contributed by atoms with E-state index in [2.05, 4.69) is 178 Å². The molecule has 1 unspecified atom stereocenters. The number of allylic oxidation sites excluding steroid dienone is 14. The normalized spacial score (nSPS) is 18.4. The summed E-state index contributed by atoms with van der Waals surface area (Å²) < 4.78 is 0. The van der Waals surface area contributed by atoms with Crippen LogP contribution in [0.1, 0.15) is 126 Å². The summed E-state index contributed by atoms with van der Waals surface area (Å²) in [7, 11) is 0. The molecular weight excluding hydrogens is 591 g/mol. The highest BCUT2D eigenvalue weighted by Gasteiger charge is 2.27. The number of hydrogen-bond acceptors (Lipinski definition) is 0. The van der Waals surface area contributed by atoms with Crippen LogP contribution in [0.3, 0.4) is 0 Å². The van der Waals surface area contributed by atoms with E-state index in [1.807, 2.05) is 13.8 Å². The first-order chi connectivity index (χ1) is 23.2. The Balaban J connectivity index is 0.00000265. The predicted octanol–water partition coefficient (Wildman–Crippen LogP) is 13.7. The quantitative estimate of drug-likeness (QED) is 0.256. The third-order valence-electron chi connectivity index (χ3n) is 9.75. The molecule has 1 N–H and O–H groups in total. The highest BCUT2D eigenvalue weighted by molar-refractivity contribution is 5.95. The molecule has 1 atom stereocenters. The predicted molar refractivity (Wildman–Crippen MR) is 218 cm³/mol. The summed E-state index contributed by atoms with van der Waals surface area (Å²) in [5, 5.41) is 0. The molecule has 49 heavy (non-hydrogen) atoms. The van der Waals surface area contributed by atoms with Crippen LogP contribution >= 0.6 is 0 Å². The van der Waals surface area contributed by atoms with Crippen LogP contribution < -0.4 is 0 Å². The van der Waals surface area contributed by atoms with Crippen molar-refractivity contribution in [1.82, 2.24) is 4.98 Å². The standard InChI is InChI=1S/C46H53N.C2H6/c1-12-34-29-36(46(9,10)11)23-25-38(34)39-19-14-18-32(4)43(42-26-27-47-44(42)41-21-15-20-40(39)41)31(3)17-13-16-30(2)37-24-22-35(28-33(37)5)45(6,7)8;1-2/h13-20,22-29,43,47H,2,4,12,21H2,1,3,5-11H3;1-2H3/b16-13-,18-14-,31-17+,39-19-;. The van der Waals surface area contributed by atoms with E-state index in [1.54, 1.807) is 0 Å². The Morgan fingerprint density at radius 3 is 2.27 bits per heavy atom. The monoisotopic (exact) mass is 649 g/mol. The molecule has 2 aliphatic rings. The summed E-state index contributed by atoms with van der Waals surface area (Å²) >= 11 is 0. The van der Waals surface area contributed by atoms with Crippen molar-refractivity contribution in [3.05, 3.63) is 172 Å². The second-order valence-corrected chi connectivity index (χ2v) is 15.3. The highest BCUT2D eigenvalue weighted by atomic mass is 14.7. The van der Waals surface area contributed by atoms with Crippen molar-refractivity contribution in [3.63, 3.8) is 0 Å². The smallest absolute Gasteiger partial charge is 0.0464 e. The van der Waals surface area contributed by atoms with E-state index in [9.17, 15) is 0 Å². The minimum Gasteiger partial charge on any atom is -0.361 e. The maximum Gasteiger partial charge on any atom is 0.0464 e. The molecule has 1 aromatic heterocycles. The second-order valence-electron chi connectivity index (χ2n) is 15.3. The SMILES string of the molecule is C=C(/C=C\C=C(/C)C1C(=C)/C=C\C=C(\c2ccc(C(C)(C)C)cc2CC)C2=C(CC=C2)c2[nH]ccc21)c1ccc(C(C)(C)C)cc1C.CC. The van der Waals surface area contributed by atoms with Crippen molar-refractivity contribution in [2.75, 3.05) is 0 Å². The van der Waals surface area contributed by atoms with E-state index in [4.69, 9.17) is 0 Å². The molecule has 2 aliphatic carbocycles. The molecule has 0 fully saturated rings.